The van der Waals surface area contributed by atoms with Gasteiger partial charge in [-0.25, -0.2) is 19.6 Å². The second-order valence-electron chi connectivity index (χ2n) is 16.6. The number of ether oxygens (including phenoxy) is 4. The quantitative estimate of drug-likeness (QED) is 0.106. The summed E-state index contributed by atoms with van der Waals surface area (Å²) in [4.78, 5) is 66.8. The summed E-state index contributed by atoms with van der Waals surface area (Å²) in [6.07, 6.45) is 9.36. The van der Waals surface area contributed by atoms with Crippen LogP contribution in [0.25, 0.3) is 0 Å². The van der Waals surface area contributed by atoms with Crippen LogP contribution < -0.4 is 34.4 Å². The number of hydrogen-bond donors (Lipinski definition) is 2. The maximum absolute atomic E-state index is 12.7. The first-order valence-electron chi connectivity index (χ1n) is 23.1. The number of pyridine rings is 1. The summed E-state index contributed by atoms with van der Waals surface area (Å²) in [5, 5.41) is 5.65. The van der Waals surface area contributed by atoms with Gasteiger partial charge < -0.3 is 44.2 Å². The topological polar surface area (TPSA) is 176 Å². The molecule has 0 radical (unpaired) electrons. The highest BCUT2D eigenvalue weighted by molar-refractivity contribution is 6.04. The smallest absolute Gasteiger partial charge is 0.415 e. The van der Waals surface area contributed by atoms with Crippen molar-refractivity contribution in [2.75, 3.05) is 50.0 Å². The number of hydrogen-bond acceptors (Lipinski definition) is 11. The summed E-state index contributed by atoms with van der Waals surface area (Å²) in [6.45, 7) is 3.64. The first-order valence-corrected chi connectivity index (χ1v) is 23.1. The van der Waals surface area contributed by atoms with Crippen molar-refractivity contribution in [3.63, 3.8) is 0 Å². The maximum atomic E-state index is 12.7. The van der Waals surface area contributed by atoms with Gasteiger partial charge in [0.25, 0.3) is 11.8 Å². The summed E-state index contributed by atoms with van der Waals surface area (Å²) in [5.74, 6) is 3.23. The van der Waals surface area contributed by atoms with Gasteiger partial charge in [0, 0.05) is 67.1 Å². The highest BCUT2D eigenvalue weighted by atomic mass is 16.7. The molecule has 0 unspecified atom stereocenters. The van der Waals surface area contributed by atoms with Gasteiger partial charge in [-0.2, -0.15) is 4.73 Å². The van der Waals surface area contributed by atoms with E-state index < -0.39 is 0 Å². The Morgan fingerprint density at radius 3 is 1.46 bits per heavy atom. The van der Waals surface area contributed by atoms with Crippen molar-refractivity contribution in [1.82, 2.24) is 24.5 Å². The van der Waals surface area contributed by atoms with Gasteiger partial charge >= 0.3 is 12.2 Å². The van der Waals surface area contributed by atoms with Gasteiger partial charge in [-0.1, -0.05) is 42.5 Å². The fraction of sp³-hybridized carbons (Fsp3) is 0.222. The number of carbonyl (C=O) groups is 4. The molecule has 2 aliphatic heterocycles. The van der Waals surface area contributed by atoms with Crippen LogP contribution in [-0.2, 0) is 0 Å². The van der Waals surface area contributed by atoms with Crippen molar-refractivity contribution in [1.29, 1.82) is 0 Å². The molecule has 0 bridgehead atoms. The number of piperidine rings is 2. The van der Waals surface area contributed by atoms with Crippen LogP contribution in [0.1, 0.15) is 46.4 Å². The van der Waals surface area contributed by atoms with Gasteiger partial charge in [-0.15, -0.1) is 0 Å². The molecule has 16 nitrogen and oxygen atoms in total. The molecule has 358 valence electrons. The molecule has 4 heterocycles. The Labute approximate surface area is 405 Å². The van der Waals surface area contributed by atoms with Crippen LogP contribution in [0, 0.1) is 11.8 Å². The Morgan fingerprint density at radius 1 is 0.514 bits per heavy atom. The minimum absolute atomic E-state index is 0.190. The van der Waals surface area contributed by atoms with E-state index in [1.54, 1.807) is 118 Å². The normalized spacial score (nSPS) is 13.7. The highest BCUT2D eigenvalue weighted by Crippen LogP contribution is 2.26. The lowest BCUT2D eigenvalue weighted by atomic mass is 9.98. The SMILES string of the molecule is O=C(Nc1ccc(OC(=O)N2CCC(COc3ccc(Oc4ccccn4)cc3)CC2)cc1)c1ccccc1.O=C(Nc1ccc(OC(=O)N2CCC(COn3ccnc3)CC2)cc1)c1ccccc1. The lowest BCUT2D eigenvalue weighted by Crippen LogP contribution is -2.41. The predicted molar refractivity (Wildman–Crippen MR) is 262 cm³/mol. The predicted octanol–water partition coefficient (Wildman–Crippen LogP) is 9.89. The van der Waals surface area contributed by atoms with Crippen LogP contribution in [0.4, 0.5) is 21.0 Å². The standard InChI is InChI=1S/C31H29N3O5.C23H24N4O4/c35-30(24-6-2-1-3-7-24)33-25-9-11-28(12-10-25)39-31(36)34-20-17-23(18-21-34)22-37-26-13-15-27(16-14-26)38-29-8-4-5-19-32-29;28-22(19-4-2-1-3-5-19)25-20-6-8-21(9-7-20)31-23(29)26-13-10-18(11-14-26)16-30-27-15-12-24-17-27/h1-16,19,23H,17-18,20-22H2,(H,33,35);1-9,12,15,17-18H,10-11,13-14,16H2,(H,25,28). The third kappa shape index (κ3) is 14.4. The van der Waals surface area contributed by atoms with Crippen molar-refractivity contribution in [3.05, 3.63) is 188 Å². The number of nitrogens with one attached hydrogen (secondary N) is 2. The molecule has 0 saturated carbocycles. The molecular weight excluding hydrogens is 891 g/mol. The number of rotatable bonds is 14. The van der Waals surface area contributed by atoms with Crippen LogP contribution in [0.5, 0.6) is 28.9 Å². The molecule has 4 amide bonds. The molecule has 2 aliphatic rings. The van der Waals surface area contributed by atoms with Gasteiger partial charge in [-0.05, 0) is 141 Å². The van der Waals surface area contributed by atoms with Crippen molar-refractivity contribution in [2.45, 2.75) is 25.7 Å². The molecule has 2 saturated heterocycles. The van der Waals surface area contributed by atoms with E-state index in [0.29, 0.717) is 96.9 Å². The molecule has 2 aromatic heterocycles. The van der Waals surface area contributed by atoms with Crippen molar-refractivity contribution < 1.29 is 43.0 Å². The average Bonchev–Trinajstić information content (AvgIpc) is 3.94. The molecule has 5 aromatic carbocycles. The zero-order valence-corrected chi connectivity index (χ0v) is 38.4. The second-order valence-corrected chi connectivity index (χ2v) is 16.6. The lowest BCUT2D eigenvalue weighted by molar-refractivity contribution is 0.0541. The second kappa shape index (κ2) is 24.4. The Bertz CT molecular complexity index is 2710. The van der Waals surface area contributed by atoms with E-state index in [4.69, 9.17) is 23.8 Å². The summed E-state index contributed by atoms with van der Waals surface area (Å²) in [6, 6.07) is 44.5. The Hall–Kier alpha value is -8.66. The van der Waals surface area contributed by atoms with Gasteiger partial charge in [0.15, 0.2) is 0 Å². The van der Waals surface area contributed by atoms with E-state index in [1.807, 2.05) is 72.8 Å². The van der Waals surface area contributed by atoms with E-state index in [0.717, 1.165) is 31.4 Å². The minimum atomic E-state index is -0.376. The number of aromatic nitrogens is 3. The minimum Gasteiger partial charge on any atom is -0.493 e. The fourth-order valence-electron chi connectivity index (χ4n) is 7.55. The van der Waals surface area contributed by atoms with Crippen LogP contribution in [0.15, 0.2) is 177 Å². The van der Waals surface area contributed by atoms with E-state index in [2.05, 4.69) is 20.6 Å². The zero-order valence-electron chi connectivity index (χ0n) is 38.4. The van der Waals surface area contributed by atoms with Crippen LogP contribution >= 0.6 is 0 Å². The Morgan fingerprint density at radius 2 is 0.986 bits per heavy atom. The number of amides is 4. The molecule has 2 N–H and O–H groups in total. The molecule has 16 heteroatoms. The monoisotopic (exact) mass is 943 g/mol. The zero-order chi connectivity index (χ0) is 48.3. The molecule has 0 atom stereocenters. The number of anilines is 2. The first kappa shape index (κ1) is 47.8. The maximum Gasteiger partial charge on any atom is 0.415 e. The van der Waals surface area contributed by atoms with E-state index >= 15 is 0 Å². The molecule has 7 aromatic rings. The molecule has 0 aliphatic carbocycles. The van der Waals surface area contributed by atoms with Crippen molar-refractivity contribution >= 4 is 35.4 Å². The first-order chi connectivity index (χ1) is 34.3. The van der Waals surface area contributed by atoms with E-state index in [9.17, 15) is 19.2 Å². The third-order valence-corrected chi connectivity index (χ3v) is 11.6. The molecular formula is C54H53N7O9. The van der Waals surface area contributed by atoms with Crippen molar-refractivity contribution in [3.8, 4) is 28.9 Å². The van der Waals surface area contributed by atoms with Gasteiger partial charge in [0.1, 0.15) is 35.9 Å². The largest absolute Gasteiger partial charge is 0.493 e. The highest BCUT2D eigenvalue weighted by Gasteiger charge is 2.26. The van der Waals surface area contributed by atoms with E-state index in [-0.39, 0.29) is 24.0 Å². The Balaban J connectivity index is 0.000000193. The number of nitrogens with zero attached hydrogens (tertiary/aromatic N) is 5. The summed E-state index contributed by atoms with van der Waals surface area (Å²) >= 11 is 0. The number of benzene rings is 5. The van der Waals surface area contributed by atoms with Gasteiger partial charge in [-0.3, -0.25) is 9.59 Å². The van der Waals surface area contributed by atoms with Crippen LogP contribution in [-0.4, -0.2) is 87.9 Å². The molecule has 2 fully saturated rings. The van der Waals surface area contributed by atoms with Crippen molar-refractivity contribution in [2.24, 2.45) is 11.8 Å². The van der Waals surface area contributed by atoms with Gasteiger partial charge in [0.2, 0.25) is 5.88 Å². The molecule has 9 rings (SSSR count). The summed E-state index contributed by atoms with van der Waals surface area (Å²) in [5.41, 5.74) is 2.41. The van der Waals surface area contributed by atoms with Gasteiger partial charge in [0.05, 0.1) is 12.8 Å². The Kier molecular flexibility index (Phi) is 16.7. The summed E-state index contributed by atoms with van der Waals surface area (Å²) < 4.78 is 24.3. The average molecular weight is 944 g/mol. The van der Waals surface area contributed by atoms with Crippen LogP contribution in [0.2, 0.25) is 0 Å². The van der Waals surface area contributed by atoms with Crippen LogP contribution in [0.3, 0.4) is 0 Å². The lowest BCUT2D eigenvalue weighted by Gasteiger charge is -2.31. The number of carbonyl (C=O) groups excluding carboxylic acids is 4. The molecule has 0 spiro atoms. The summed E-state index contributed by atoms with van der Waals surface area (Å²) in [7, 11) is 0. The third-order valence-electron chi connectivity index (χ3n) is 11.6. The fourth-order valence-corrected chi connectivity index (χ4v) is 7.55. The number of likely N-dealkylation sites (tertiary alicyclic amines) is 2. The molecule has 70 heavy (non-hydrogen) atoms. The van der Waals surface area contributed by atoms with E-state index in [1.165, 1.54) is 0 Å². The number of imidazole rings is 1.